The fraction of sp³-hybridized carbons (Fsp3) is 0.611. The minimum Gasteiger partial charge on any atom is -0.484 e. The average Bonchev–Trinajstić information content (AvgIpc) is 2.33. The number of hydrogen-bond acceptors (Lipinski definition) is 2. The van der Waals surface area contributed by atoms with Crippen LogP contribution in [-0.4, -0.2) is 29.6 Å². The summed E-state index contributed by atoms with van der Waals surface area (Å²) < 4.78 is 5.62. The topological polar surface area (TPSA) is 54.9 Å². The highest BCUT2D eigenvalue weighted by Crippen LogP contribution is 2.23. The SMILES string of the molecule is Cc1cc(Cl)ccc1OCC(=O)NC1CC(C)(C)[NH2+]C(C)(C)C1. The molecule has 1 aromatic rings. The van der Waals surface area contributed by atoms with Crippen molar-refractivity contribution in [1.82, 2.24) is 5.32 Å². The quantitative estimate of drug-likeness (QED) is 0.885. The van der Waals surface area contributed by atoms with Crippen molar-refractivity contribution in [2.45, 2.75) is 64.6 Å². The van der Waals surface area contributed by atoms with Gasteiger partial charge in [-0.2, -0.15) is 0 Å². The molecule has 1 aliphatic heterocycles. The summed E-state index contributed by atoms with van der Waals surface area (Å²) >= 11 is 5.92. The molecule has 1 aromatic carbocycles. The van der Waals surface area contributed by atoms with Crippen molar-refractivity contribution in [3.05, 3.63) is 28.8 Å². The first-order valence-corrected chi connectivity index (χ1v) is 8.50. The number of ether oxygens (including phenoxy) is 1. The lowest BCUT2D eigenvalue weighted by molar-refractivity contribution is -0.787. The van der Waals surface area contributed by atoms with Crippen LogP contribution in [-0.2, 0) is 4.79 Å². The zero-order chi connectivity index (χ0) is 17.3. The number of hydrogen-bond donors (Lipinski definition) is 2. The van der Waals surface area contributed by atoms with Crippen LogP contribution in [0.4, 0.5) is 0 Å². The molecule has 3 N–H and O–H groups in total. The standard InChI is InChI=1S/C18H27ClN2O2/c1-12-8-13(19)6-7-15(12)23-11-16(22)20-14-9-17(2,3)21-18(4,5)10-14/h6-8,14,21H,9-11H2,1-5H3,(H,20,22)/p+1. The third-order valence-electron chi connectivity index (χ3n) is 4.19. The molecule has 0 unspecified atom stereocenters. The number of aryl methyl sites for hydroxylation is 1. The van der Waals surface area contributed by atoms with Crippen LogP contribution in [0.15, 0.2) is 18.2 Å². The minimum atomic E-state index is -0.0714. The van der Waals surface area contributed by atoms with Crippen molar-refractivity contribution in [2.75, 3.05) is 6.61 Å². The van der Waals surface area contributed by atoms with E-state index in [0.29, 0.717) is 10.8 Å². The number of carbonyl (C=O) groups excluding carboxylic acids is 1. The van der Waals surface area contributed by atoms with Crippen molar-refractivity contribution in [2.24, 2.45) is 0 Å². The van der Waals surface area contributed by atoms with Gasteiger partial charge < -0.3 is 15.4 Å². The average molecular weight is 340 g/mol. The lowest BCUT2D eigenvalue weighted by Gasteiger charge is -2.43. The molecular formula is C18H28ClN2O2+. The van der Waals surface area contributed by atoms with Gasteiger partial charge in [0.1, 0.15) is 5.75 Å². The van der Waals surface area contributed by atoms with Gasteiger partial charge in [-0.15, -0.1) is 0 Å². The number of nitrogens with two attached hydrogens (primary N) is 1. The molecular weight excluding hydrogens is 312 g/mol. The summed E-state index contributed by atoms with van der Waals surface area (Å²) in [5, 5.41) is 6.19. The fourth-order valence-corrected chi connectivity index (χ4v) is 4.03. The van der Waals surface area contributed by atoms with Crippen LogP contribution in [0.3, 0.4) is 0 Å². The Labute approximate surface area is 143 Å². The number of piperidine rings is 1. The van der Waals surface area contributed by atoms with Crippen molar-refractivity contribution in [3.63, 3.8) is 0 Å². The Morgan fingerprint density at radius 1 is 1.30 bits per heavy atom. The van der Waals surface area contributed by atoms with Crippen molar-refractivity contribution >= 4 is 17.5 Å². The van der Waals surface area contributed by atoms with Gasteiger partial charge >= 0.3 is 0 Å². The minimum absolute atomic E-state index is 0.0313. The van der Waals surface area contributed by atoms with Gasteiger partial charge in [0.15, 0.2) is 6.61 Å². The van der Waals surface area contributed by atoms with Crippen molar-refractivity contribution < 1.29 is 14.8 Å². The van der Waals surface area contributed by atoms with Gasteiger partial charge in [-0.25, -0.2) is 0 Å². The van der Waals surface area contributed by atoms with Gasteiger partial charge in [0.25, 0.3) is 5.91 Å². The highest BCUT2D eigenvalue weighted by atomic mass is 35.5. The summed E-state index contributed by atoms with van der Waals surface area (Å²) in [6.45, 7) is 10.8. The summed E-state index contributed by atoms with van der Waals surface area (Å²) in [5.41, 5.74) is 1.19. The van der Waals surface area contributed by atoms with Crippen LogP contribution >= 0.6 is 11.6 Å². The molecule has 5 heteroatoms. The van der Waals surface area contributed by atoms with Crippen molar-refractivity contribution in [3.8, 4) is 5.75 Å². The molecule has 0 radical (unpaired) electrons. The highest BCUT2D eigenvalue weighted by molar-refractivity contribution is 6.30. The van der Waals surface area contributed by atoms with E-state index in [-0.39, 0.29) is 29.6 Å². The molecule has 1 amide bonds. The molecule has 1 heterocycles. The number of amides is 1. The number of rotatable bonds is 4. The Balaban J connectivity index is 1.89. The van der Waals surface area contributed by atoms with E-state index in [0.717, 1.165) is 18.4 Å². The first kappa shape index (κ1) is 18.1. The Bertz CT molecular complexity index is 568. The molecule has 0 saturated carbocycles. The molecule has 0 spiro atoms. The van der Waals surface area contributed by atoms with E-state index >= 15 is 0 Å². The van der Waals surface area contributed by atoms with Gasteiger partial charge in [0.2, 0.25) is 0 Å². The fourth-order valence-electron chi connectivity index (χ4n) is 3.81. The normalized spacial score (nSPS) is 20.1. The molecule has 0 aromatic heterocycles. The zero-order valence-electron chi connectivity index (χ0n) is 14.7. The monoisotopic (exact) mass is 339 g/mol. The van der Waals surface area contributed by atoms with Gasteiger partial charge in [-0.05, 0) is 58.4 Å². The first-order chi connectivity index (χ1) is 10.6. The molecule has 23 heavy (non-hydrogen) atoms. The third-order valence-corrected chi connectivity index (χ3v) is 4.42. The van der Waals surface area contributed by atoms with E-state index in [9.17, 15) is 4.79 Å². The number of carbonyl (C=O) groups is 1. The van der Waals surface area contributed by atoms with Crippen LogP contribution in [0.5, 0.6) is 5.75 Å². The molecule has 128 valence electrons. The number of quaternary nitrogens is 1. The predicted molar refractivity (Wildman–Crippen MR) is 92.9 cm³/mol. The Kier molecular flexibility index (Phi) is 5.27. The van der Waals surface area contributed by atoms with Gasteiger partial charge in [0.05, 0.1) is 11.1 Å². The van der Waals surface area contributed by atoms with Crippen LogP contribution in [0.1, 0.15) is 46.1 Å². The number of nitrogens with one attached hydrogen (secondary N) is 1. The molecule has 2 rings (SSSR count). The smallest absolute Gasteiger partial charge is 0.258 e. The summed E-state index contributed by atoms with van der Waals surface area (Å²) in [6.07, 6.45) is 1.92. The van der Waals surface area contributed by atoms with Gasteiger partial charge in [-0.3, -0.25) is 4.79 Å². The maximum Gasteiger partial charge on any atom is 0.258 e. The summed E-state index contributed by atoms with van der Waals surface area (Å²) in [7, 11) is 0. The maximum atomic E-state index is 12.2. The van der Waals surface area contributed by atoms with Crippen LogP contribution in [0.25, 0.3) is 0 Å². The first-order valence-electron chi connectivity index (χ1n) is 8.12. The predicted octanol–water partition coefficient (Wildman–Crippen LogP) is 2.43. The van der Waals surface area contributed by atoms with E-state index in [1.807, 2.05) is 13.0 Å². The van der Waals surface area contributed by atoms with Crippen molar-refractivity contribution in [1.29, 1.82) is 0 Å². The zero-order valence-corrected chi connectivity index (χ0v) is 15.5. The summed E-state index contributed by atoms with van der Waals surface area (Å²) in [6, 6.07) is 5.58. The molecule has 1 aliphatic rings. The Morgan fingerprint density at radius 2 is 1.91 bits per heavy atom. The lowest BCUT2D eigenvalue weighted by atomic mass is 9.79. The Morgan fingerprint density at radius 3 is 2.48 bits per heavy atom. The Hall–Kier alpha value is -1.26. The molecule has 1 fully saturated rings. The maximum absolute atomic E-state index is 12.2. The van der Waals surface area contributed by atoms with E-state index in [4.69, 9.17) is 16.3 Å². The largest absolute Gasteiger partial charge is 0.484 e. The van der Waals surface area contributed by atoms with Crippen LogP contribution in [0, 0.1) is 6.92 Å². The van der Waals surface area contributed by atoms with E-state index < -0.39 is 0 Å². The highest BCUT2D eigenvalue weighted by Gasteiger charge is 2.42. The number of benzene rings is 1. The van der Waals surface area contributed by atoms with Crippen LogP contribution in [0.2, 0.25) is 5.02 Å². The van der Waals surface area contributed by atoms with Crippen LogP contribution < -0.4 is 15.4 Å². The lowest BCUT2D eigenvalue weighted by Crippen LogP contribution is -3.06. The van der Waals surface area contributed by atoms with E-state index in [1.54, 1.807) is 12.1 Å². The third kappa shape index (κ3) is 5.40. The second-order valence-electron chi connectivity index (χ2n) is 7.99. The second-order valence-corrected chi connectivity index (χ2v) is 8.43. The molecule has 1 saturated heterocycles. The van der Waals surface area contributed by atoms with E-state index in [1.165, 1.54) is 0 Å². The molecule has 0 bridgehead atoms. The summed E-state index contributed by atoms with van der Waals surface area (Å²) in [5.74, 6) is 0.625. The van der Waals surface area contributed by atoms with E-state index in [2.05, 4.69) is 38.3 Å². The number of halogens is 1. The summed E-state index contributed by atoms with van der Waals surface area (Å²) in [4.78, 5) is 12.2. The second kappa shape index (κ2) is 6.70. The van der Waals surface area contributed by atoms with Gasteiger partial charge in [0, 0.05) is 23.9 Å². The molecule has 4 nitrogen and oxygen atoms in total. The molecule has 0 atom stereocenters. The molecule has 0 aliphatic carbocycles. The van der Waals surface area contributed by atoms with Gasteiger partial charge in [-0.1, -0.05) is 11.6 Å².